The van der Waals surface area contributed by atoms with Crippen LogP contribution in [0.5, 0.6) is 0 Å². The van der Waals surface area contributed by atoms with E-state index in [4.69, 9.17) is 5.73 Å². The van der Waals surface area contributed by atoms with Crippen LogP contribution in [0, 0.1) is 0 Å². The van der Waals surface area contributed by atoms with Crippen LogP contribution in [0.3, 0.4) is 0 Å². The minimum absolute atomic E-state index is 0.187. The van der Waals surface area contributed by atoms with Gasteiger partial charge in [0.25, 0.3) is 0 Å². The summed E-state index contributed by atoms with van der Waals surface area (Å²) in [6.07, 6.45) is 0.478. The number of ketones is 2. The van der Waals surface area contributed by atoms with Crippen molar-refractivity contribution in [1.82, 2.24) is 0 Å². The van der Waals surface area contributed by atoms with Gasteiger partial charge < -0.3 is 5.73 Å². The number of carbonyl (C=O) groups is 2. The average molecular weight is 129 g/mol. The molecule has 0 atom stereocenters. The number of nitrogens with two attached hydrogens (primary N) is 1. The van der Waals surface area contributed by atoms with Gasteiger partial charge in [-0.2, -0.15) is 0 Å². The maximum atomic E-state index is 10.5. The largest absolute Gasteiger partial charge is 0.330 e. The van der Waals surface area contributed by atoms with Crippen LogP contribution in [-0.2, 0) is 9.59 Å². The normalized spacial score (nSPS) is 9.11. The maximum absolute atomic E-state index is 10.5. The topological polar surface area (TPSA) is 60.2 Å². The van der Waals surface area contributed by atoms with Gasteiger partial charge in [-0.25, -0.2) is 0 Å². The SMILES string of the molecule is CCC(=O)C(=O)CCN. The van der Waals surface area contributed by atoms with Gasteiger partial charge in [0.05, 0.1) is 0 Å². The van der Waals surface area contributed by atoms with Crippen LogP contribution in [0.1, 0.15) is 19.8 Å². The van der Waals surface area contributed by atoms with Crippen molar-refractivity contribution < 1.29 is 9.59 Å². The molecular formula is C6H11NO2. The molecule has 0 aliphatic carbocycles. The van der Waals surface area contributed by atoms with Crippen LogP contribution in [0.4, 0.5) is 0 Å². The van der Waals surface area contributed by atoms with Crippen molar-refractivity contribution in [3.63, 3.8) is 0 Å². The molecule has 0 saturated heterocycles. The number of rotatable bonds is 4. The van der Waals surface area contributed by atoms with Gasteiger partial charge in [-0.1, -0.05) is 6.92 Å². The molecule has 2 N–H and O–H groups in total. The molecule has 0 aromatic rings. The molecule has 0 fully saturated rings. The first-order chi connectivity index (χ1) is 4.22. The fraction of sp³-hybridized carbons (Fsp3) is 0.667. The molecule has 0 aromatic heterocycles. The van der Waals surface area contributed by atoms with E-state index in [1.165, 1.54) is 0 Å². The summed E-state index contributed by atoms with van der Waals surface area (Å²) in [6, 6.07) is 0. The van der Waals surface area contributed by atoms with Crippen LogP contribution in [0.2, 0.25) is 0 Å². The van der Waals surface area contributed by atoms with Gasteiger partial charge in [-0.3, -0.25) is 9.59 Å². The zero-order valence-corrected chi connectivity index (χ0v) is 5.52. The van der Waals surface area contributed by atoms with Crippen LogP contribution in [-0.4, -0.2) is 18.1 Å². The molecule has 9 heavy (non-hydrogen) atoms. The second-order valence-corrected chi connectivity index (χ2v) is 1.74. The summed E-state index contributed by atoms with van der Waals surface area (Å²) in [5.74, 6) is -0.666. The Labute approximate surface area is 54.2 Å². The Balaban J connectivity index is 3.60. The molecule has 0 aliphatic rings. The lowest BCUT2D eigenvalue weighted by Crippen LogP contribution is -2.16. The van der Waals surface area contributed by atoms with Gasteiger partial charge in [-0.05, 0) is 6.54 Å². The second-order valence-electron chi connectivity index (χ2n) is 1.74. The highest BCUT2D eigenvalue weighted by Gasteiger charge is 2.08. The molecular weight excluding hydrogens is 118 g/mol. The second kappa shape index (κ2) is 4.21. The molecule has 52 valence electrons. The van der Waals surface area contributed by atoms with Crippen molar-refractivity contribution in [2.24, 2.45) is 5.73 Å². The summed E-state index contributed by atoms with van der Waals surface area (Å²) in [7, 11) is 0. The Kier molecular flexibility index (Phi) is 3.88. The van der Waals surface area contributed by atoms with E-state index in [1.807, 2.05) is 0 Å². The molecule has 3 heteroatoms. The van der Waals surface area contributed by atoms with Gasteiger partial charge in [0, 0.05) is 12.8 Å². The first-order valence-corrected chi connectivity index (χ1v) is 2.98. The molecule has 3 nitrogen and oxygen atoms in total. The van der Waals surface area contributed by atoms with Crippen molar-refractivity contribution in [3.8, 4) is 0 Å². The van der Waals surface area contributed by atoms with Crippen LogP contribution < -0.4 is 5.73 Å². The average Bonchev–Trinajstić information content (AvgIpc) is 1.87. The molecule has 0 amide bonds. The maximum Gasteiger partial charge on any atom is 0.199 e. The molecule has 0 spiro atoms. The Hall–Kier alpha value is -0.700. The van der Waals surface area contributed by atoms with E-state index >= 15 is 0 Å². The van der Waals surface area contributed by atoms with Crippen molar-refractivity contribution in [2.75, 3.05) is 6.54 Å². The molecule has 0 aliphatic heterocycles. The van der Waals surface area contributed by atoms with E-state index in [-0.39, 0.29) is 24.5 Å². The van der Waals surface area contributed by atoms with Crippen molar-refractivity contribution in [1.29, 1.82) is 0 Å². The fourth-order valence-corrected chi connectivity index (χ4v) is 0.468. The van der Waals surface area contributed by atoms with Gasteiger partial charge in [0.15, 0.2) is 11.6 Å². The van der Waals surface area contributed by atoms with Crippen molar-refractivity contribution in [3.05, 3.63) is 0 Å². The van der Waals surface area contributed by atoms with E-state index in [2.05, 4.69) is 0 Å². The van der Waals surface area contributed by atoms with E-state index in [1.54, 1.807) is 6.92 Å². The van der Waals surface area contributed by atoms with E-state index in [9.17, 15) is 9.59 Å². The smallest absolute Gasteiger partial charge is 0.199 e. The third kappa shape index (κ3) is 2.98. The number of Topliss-reactive ketones (excluding diaryl/α,β-unsaturated/α-hetero) is 2. The van der Waals surface area contributed by atoms with Gasteiger partial charge >= 0.3 is 0 Å². The third-order valence-corrected chi connectivity index (χ3v) is 1.00. The Morgan fingerprint density at radius 3 is 2.22 bits per heavy atom. The minimum Gasteiger partial charge on any atom is -0.330 e. The standard InChI is InChI=1S/C6H11NO2/c1-2-5(8)6(9)3-4-7/h2-4,7H2,1H3. The Morgan fingerprint density at radius 2 is 1.89 bits per heavy atom. The Bertz CT molecular complexity index is 120. The lowest BCUT2D eigenvalue weighted by molar-refractivity contribution is -0.136. The quantitative estimate of drug-likeness (QED) is 0.538. The van der Waals surface area contributed by atoms with Gasteiger partial charge in [0.1, 0.15) is 0 Å². The molecule has 0 heterocycles. The molecule has 0 radical (unpaired) electrons. The lowest BCUT2D eigenvalue weighted by Gasteiger charge is -1.91. The van der Waals surface area contributed by atoms with E-state index < -0.39 is 0 Å². The minimum atomic E-state index is -0.347. The predicted octanol–water partition coefficient (Wildman–Crippen LogP) is -0.117. The zero-order chi connectivity index (χ0) is 7.28. The van der Waals surface area contributed by atoms with Crippen LogP contribution >= 0.6 is 0 Å². The highest BCUT2D eigenvalue weighted by atomic mass is 16.2. The first-order valence-electron chi connectivity index (χ1n) is 2.98. The number of carbonyl (C=O) groups excluding carboxylic acids is 2. The molecule has 0 unspecified atom stereocenters. The highest BCUT2D eigenvalue weighted by molar-refractivity contribution is 6.37. The molecule has 0 saturated carbocycles. The summed E-state index contributed by atoms with van der Waals surface area (Å²) in [5.41, 5.74) is 5.05. The lowest BCUT2D eigenvalue weighted by atomic mass is 10.1. The molecule has 0 rings (SSSR count). The zero-order valence-electron chi connectivity index (χ0n) is 5.52. The monoisotopic (exact) mass is 129 g/mol. The summed E-state index contributed by atoms with van der Waals surface area (Å²) in [4.78, 5) is 21.0. The molecule has 0 aromatic carbocycles. The summed E-state index contributed by atoms with van der Waals surface area (Å²) < 4.78 is 0. The fourth-order valence-electron chi connectivity index (χ4n) is 0.468. The number of hydrogen-bond acceptors (Lipinski definition) is 3. The predicted molar refractivity (Wildman–Crippen MR) is 34.0 cm³/mol. The van der Waals surface area contributed by atoms with Crippen molar-refractivity contribution >= 4 is 11.6 Å². The van der Waals surface area contributed by atoms with Crippen LogP contribution in [0.15, 0.2) is 0 Å². The van der Waals surface area contributed by atoms with Crippen molar-refractivity contribution in [2.45, 2.75) is 19.8 Å². The highest BCUT2D eigenvalue weighted by Crippen LogP contribution is 1.86. The van der Waals surface area contributed by atoms with E-state index in [0.717, 1.165) is 0 Å². The van der Waals surface area contributed by atoms with Gasteiger partial charge in [0.2, 0.25) is 0 Å². The summed E-state index contributed by atoms with van der Waals surface area (Å²) >= 11 is 0. The summed E-state index contributed by atoms with van der Waals surface area (Å²) in [5, 5.41) is 0. The first kappa shape index (κ1) is 8.30. The van der Waals surface area contributed by atoms with E-state index in [0.29, 0.717) is 6.42 Å². The molecule has 0 bridgehead atoms. The number of hydrogen-bond donors (Lipinski definition) is 1. The van der Waals surface area contributed by atoms with Crippen LogP contribution in [0.25, 0.3) is 0 Å². The third-order valence-electron chi connectivity index (χ3n) is 1.00. The summed E-state index contributed by atoms with van der Waals surface area (Å²) in [6.45, 7) is 1.93. The van der Waals surface area contributed by atoms with Gasteiger partial charge in [-0.15, -0.1) is 0 Å². The Morgan fingerprint density at radius 1 is 1.33 bits per heavy atom.